The van der Waals surface area contributed by atoms with E-state index >= 15 is 0 Å². The molecule has 1 atom stereocenters. The van der Waals surface area contributed by atoms with Gasteiger partial charge in [0.15, 0.2) is 0 Å². The first-order chi connectivity index (χ1) is 8.47. The average molecular weight is 264 g/mol. The molecule has 2 heterocycles. The minimum Gasteiger partial charge on any atom is -0.389 e. The maximum Gasteiger partial charge on any atom is 0.107 e. The van der Waals surface area contributed by atoms with Gasteiger partial charge in [-0.05, 0) is 39.9 Å². The molecule has 0 spiro atoms. The predicted octanol–water partition coefficient (Wildman–Crippen LogP) is 1.45. The lowest BCUT2D eigenvalue weighted by Gasteiger charge is -2.18. The van der Waals surface area contributed by atoms with E-state index in [0.717, 1.165) is 42.1 Å². The first-order valence-electron chi connectivity index (χ1n) is 6.20. The summed E-state index contributed by atoms with van der Waals surface area (Å²) in [7, 11) is 2.14. The van der Waals surface area contributed by atoms with Crippen LogP contribution in [0, 0.1) is 13.8 Å². The Kier molecular flexibility index (Phi) is 3.82. The number of rotatable bonds is 3. The molecular weight excluding hydrogens is 244 g/mol. The quantitative estimate of drug-likeness (QED) is 0.809. The summed E-state index contributed by atoms with van der Waals surface area (Å²) < 4.78 is 0. The van der Waals surface area contributed by atoms with Crippen LogP contribution in [-0.4, -0.2) is 41.1 Å². The van der Waals surface area contributed by atoms with Crippen molar-refractivity contribution >= 4 is 22.9 Å². The molecule has 0 aliphatic carbocycles. The zero-order valence-electron chi connectivity index (χ0n) is 11.2. The highest BCUT2D eigenvalue weighted by Crippen LogP contribution is 2.22. The Labute approximate surface area is 114 Å². The summed E-state index contributed by atoms with van der Waals surface area (Å²) in [4.78, 5) is 7.16. The Hall–Kier alpha value is -1.20. The largest absolute Gasteiger partial charge is 0.389 e. The third-order valence-electron chi connectivity index (χ3n) is 3.33. The molecule has 0 radical (unpaired) electrons. The number of thiocarbonyl (C=S) groups is 1. The third-order valence-corrected chi connectivity index (χ3v) is 3.53. The maximum atomic E-state index is 5.81. The molecule has 1 aromatic heterocycles. The molecule has 98 valence electrons. The number of hydrogen-bond acceptors (Lipinski definition) is 4. The Morgan fingerprint density at radius 2 is 2.28 bits per heavy atom. The Morgan fingerprint density at radius 3 is 2.83 bits per heavy atom. The molecule has 2 rings (SSSR count). The van der Waals surface area contributed by atoms with Crippen LogP contribution in [0.2, 0.25) is 0 Å². The second-order valence-corrected chi connectivity index (χ2v) is 5.47. The topological polar surface area (TPSA) is 54.2 Å². The molecule has 1 saturated heterocycles. The molecule has 0 aromatic carbocycles. The van der Waals surface area contributed by atoms with E-state index in [0.29, 0.717) is 11.0 Å². The molecule has 1 aromatic rings. The first-order valence-corrected chi connectivity index (χ1v) is 6.61. The van der Waals surface area contributed by atoms with Crippen LogP contribution in [0.5, 0.6) is 0 Å². The van der Waals surface area contributed by atoms with Crippen molar-refractivity contribution < 1.29 is 0 Å². The van der Waals surface area contributed by atoms with Crippen molar-refractivity contribution in [3.8, 4) is 0 Å². The molecule has 4 nitrogen and oxygen atoms in total. The Bertz CT molecular complexity index is 472. The van der Waals surface area contributed by atoms with Crippen molar-refractivity contribution in [3.05, 3.63) is 23.0 Å². The second-order valence-electron chi connectivity index (χ2n) is 5.03. The van der Waals surface area contributed by atoms with Gasteiger partial charge in [-0.15, -0.1) is 0 Å². The van der Waals surface area contributed by atoms with Crippen molar-refractivity contribution in [2.75, 3.05) is 25.5 Å². The number of hydrogen-bond donors (Lipinski definition) is 2. The number of likely N-dealkylation sites (tertiary alicyclic amines) is 1. The zero-order chi connectivity index (χ0) is 13.3. The van der Waals surface area contributed by atoms with Gasteiger partial charge in [-0.1, -0.05) is 12.2 Å². The maximum absolute atomic E-state index is 5.81. The van der Waals surface area contributed by atoms with Crippen LogP contribution in [-0.2, 0) is 0 Å². The van der Waals surface area contributed by atoms with E-state index < -0.39 is 0 Å². The summed E-state index contributed by atoms with van der Waals surface area (Å²) >= 11 is 5.13. The summed E-state index contributed by atoms with van der Waals surface area (Å²) in [6, 6.07) is 2.49. The van der Waals surface area contributed by atoms with E-state index in [2.05, 4.69) is 22.2 Å². The lowest BCUT2D eigenvalue weighted by molar-refractivity contribution is 0.414. The second kappa shape index (κ2) is 5.20. The molecule has 1 unspecified atom stereocenters. The molecule has 1 aliphatic rings. The Morgan fingerprint density at radius 1 is 1.56 bits per heavy atom. The SMILES string of the molecule is Cc1cc(NC2CCN(C)C2)c(C(N)=S)c(C)n1. The van der Waals surface area contributed by atoms with Crippen LogP contribution in [0.25, 0.3) is 0 Å². The molecule has 3 N–H and O–H groups in total. The van der Waals surface area contributed by atoms with Crippen molar-refractivity contribution in [3.63, 3.8) is 0 Å². The summed E-state index contributed by atoms with van der Waals surface area (Å²) in [6.45, 7) is 6.12. The first kappa shape index (κ1) is 13.2. The summed E-state index contributed by atoms with van der Waals surface area (Å²) in [5.74, 6) is 0. The molecule has 18 heavy (non-hydrogen) atoms. The number of nitrogens with two attached hydrogens (primary N) is 1. The van der Waals surface area contributed by atoms with E-state index in [1.807, 2.05) is 19.9 Å². The van der Waals surface area contributed by atoms with E-state index in [1.165, 1.54) is 0 Å². The monoisotopic (exact) mass is 264 g/mol. The number of aryl methyl sites for hydroxylation is 2. The van der Waals surface area contributed by atoms with Crippen molar-refractivity contribution in [2.24, 2.45) is 5.73 Å². The molecule has 5 heteroatoms. The predicted molar refractivity (Wildman–Crippen MR) is 79.1 cm³/mol. The minimum atomic E-state index is 0.411. The highest BCUT2D eigenvalue weighted by atomic mass is 32.1. The van der Waals surface area contributed by atoms with Gasteiger partial charge in [-0.3, -0.25) is 4.98 Å². The van der Waals surface area contributed by atoms with Gasteiger partial charge in [-0.2, -0.15) is 0 Å². The fraction of sp³-hybridized carbons (Fsp3) is 0.538. The Balaban J connectivity index is 2.28. The van der Waals surface area contributed by atoms with Crippen LogP contribution >= 0.6 is 12.2 Å². The van der Waals surface area contributed by atoms with Gasteiger partial charge in [0.1, 0.15) is 4.99 Å². The van der Waals surface area contributed by atoms with E-state index in [4.69, 9.17) is 18.0 Å². The highest BCUT2D eigenvalue weighted by Gasteiger charge is 2.21. The van der Waals surface area contributed by atoms with Crippen LogP contribution in [0.4, 0.5) is 5.69 Å². The highest BCUT2D eigenvalue weighted by molar-refractivity contribution is 7.80. The van der Waals surface area contributed by atoms with Gasteiger partial charge >= 0.3 is 0 Å². The van der Waals surface area contributed by atoms with Gasteiger partial charge < -0.3 is 16.0 Å². The van der Waals surface area contributed by atoms with Crippen molar-refractivity contribution in [2.45, 2.75) is 26.3 Å². The summed E-state index contributed by atoms with van der Waals surface area (Å²) in [6.07, 6.45) is 1.15. The van der Waals surface area contributed by atoms with E-state index in [9.17, 15) is 0 Å². The fourth-order valence-electron chi connectivity index (χ4n) is 2.53. The van der Waals surface area contributed by atoms with E-state index in [1.54, 1.807) is 0 Å². The fourth-order valence-corrected chi connectivity index (χ4v) is 2.78. The molecular formula is C13H20N4S. The molecule has 1 aliphatic heterocycles. The number of nitrogens with one attached hydrogen (secondary N) is 1. The van der Waals surface area contributed by atoms with Crippen molar-refractivity contribution in [1.82, 2.24) is 9.88 Å². The third kappa shape index (κ3) is 2.79. The normalized spacial score (nSPS) is 20.1. The zero-order valence-corrected chi connectivity index (χ0v) is 12.0. The molecule has 1 fully saturated rings. The van der Waals surface area contributed by atoms with Gasteiger partial charge in [0.25, 0.3) is 0 Å². The number of nitrogens with zero attached hydrogens (tertiary/aromatic N) is 2. The number of likely N-dealkylation sites (N-methyl/N-ethyl adjacent to an activating group) is 1. The number of anilines is 1. The van der Waals surface area contributed by atoms with Gasteiger partial charge in [0.2, 0.25) is 0 Å². The van der Waals surface area contributed by atoms with Crippen molar-refractivity contribution in [1.29, 1.82) is 0 Å². The van der Waals surface area contributed by atoms with Crippen LogP contribution in [0.1, 0.15) is 23.4 Å². The van der Waals surface area contributed by atoms with Crippen LogP contribution < -0.4 is 11.1 Å². The number of pyridine rings is 1. The number of aromatic nitrogens is 1. The minimum absolute atomic E-state index is 0.411. The molecule has 0 bridgehead atoms. The van der Waals surface area contributed by atoms with E-state index in [-0.39, 0.29) is 0 Å². The van der Waals surface area contributed by atoms with Gasteiger partial charge in [0.05, 0.1) is 5.56 Å². The summed E-state index contributed by atoms with van der Waals surface area (Å²) in [5, 5.41) is 3.55. The smallest absolute Gasteiger partial charge is 0.107 e. The standard InChI is InChI=1S/C13H20N4S/c1-8-6-11(12(13(14)18)9(2)15-8)16-10-4-5-17(3)7-10/h6,10H,4-5,7H2,1-3H3,(H2,14,18)(H,15,16). The lowest BCUT2D eigenvalue weighted by atomic mass is 10.1. The molecule has 0 amide bonds. The average Bonchev–Trinajstić information content (AvgIpc) is 2.62. The molecule has 0 saturated carbocycles. The summed E-state index contributed by atoms with van der Waals surface area (Å²) in [5.41, 5.74) is 9.60. The lowest BCUT2D eigenvalue weighted by Crippen LogP contribution is -2.26. The van der Waals surface area contributed by atoms with Gasteiger partial charge in [-0.25, -0.2) is 0 Å². The van der Waals surface area contributed by atoms with Crippen LogP contribution in [0.15, 0.2) is 6.07 Å². The van der Waals surface area contributed by atoms with Gasteiger partial charge in [0, 0.05) is 29.7 Å². The van der Waals surface area contributed by atoms with Crippen LogP contribution in [0.3, 0.4) is 0 Å².